The van der Waals surface area contributed by atoms with Gasteiger partial charge in [-0.25, -0.2) is 13.1 Å². The Hall–Kier alpha value is -2.23. The lowest BCUT2D eigenvalue weighted by molar-refractivity contribution is 0.0952. The maximum absolute atomic E-state index is 12.5. The van der Waals surface area contributed by atoms with Crippen molar-refractivity contribution in [3.05, 3.63) is 48.3 Å². The van der Waals surface area contributed by atoms with E-state index in [0.717, 1.165) is 19.4 Å². The molecule has 3 N–H and O–H groups in total. The van der Waals surface area contributed by atoms with Crippen LogP contribution in [0.4, 0.5) is 0 Å². The highest BCUT2D eigenvalue weighted by molar-refractivity contribution is 7.89. The molecule has 1 saturated heterocycles. The third-order valence-electron chi connectivity index (χ3n) is 4.20. The van der Waals surface area contributed by atoms with E-state index in [9.17, 15) is 13.2 Å². The van der Waals surface area contributed by atoms with Crippen LogP contribution in [0.2, 0.25) is 0 Å². The van der Waals surface area contributed by atoms with Crippen LogP contribution in [0.3, 0.4) is 0 Å². The van der Waals surface area contributed by atoms with Crippen LogP contribution in [0, 0.1) is 0 Å². The van der Waals surface area contributed by atoms with Gasteiger partial charge in [-0.05, 0) is 43.7 Å². The van der Waals surface area contributed by atoms with Gasteiger partial charge in [0, 0.05) is 43.6 Å². The Morgan fingerprint density at radius 2 is 2.23 bits per heavy atom. The smallest absolute Gasteiger partial charge is 0.251 e. The highest BCUT2D eigenvalue weighted by atomic mass is 32.2. The largest absolute Gasteiger partial charge is 0.352 e. The number of carbonyl (C=O) groups excluding carboxylic acids is 1. The summed E-state index contributed by atoms with van der Waals surface area (Å²) < 4.78 is 29.4. The molecule has 0 bridgehead atoms. The lowest BCUT2D eigenvalue weighted by atomic mass is 10.2. The van der Waals surface area contributed by atoms with E-state index in [1.54, 1.807) is 23.0 Å². The lowest BCUT2D eigenvalue weighted by Crippen LogP contribution is -2.36. The minimum absolute atomic E-state index is 0.105. The summed E-state index contributed by atoms with van der Waals surface area (Å²) in [5, 5.41) is 10.0. The second kappa shape index (κ2) is 8.43. The normalized spacial score (nSPS) is 17.3. The van der Waals surface area contributed by atoms with Gasteiger partial charge in [-0.15, -0.1) is 0 Å². The van der Waals surface area contributed by atoms with Crippen LogP contribution >= 0.6 is 0 Å². The van der Waals surface area contributed by atoms with Gasteiger partial charge in [-0.3, -0.25) is 9.48 Å². The Morgan fingerprint density at radius 3 is 2.96 bits per heavy atom. The van der Waals surface area contributed by atoms with Crippen molar-refractivity contribution >= 4 is 15.9 Å². The number of aromatic nitrogens is 2. The molecule has 140 valence electrons. The Bertz CT molecular complexity index is 830. The van der Waals surface area contributed by atoms with Gasteiger partial charge < -0.3 is 10.6 Å². The molecule has 1 aromatic heterocycles. The quantitative estimate of drug-likeness (QED) is 0.576. The topological polar surface area (TPSA) is 105 Å². The van der Waals surface area contributed by atoms with Crippen molar-refractivity contribution in [2.75, 3.05) is 19.6 Å². The molecule has 1 fully saturated rings. The van der Waals surface area contributed by atoms with Crippen molar-refractivity contribution in [3.63, 3.8) is 0 Å². The maximum atomic E-state index is 12.5. The van der Waals surface area contributed by atoms with Gasteiger partial charge in [0.2, 0.25) is 10.0 Å². The number of sulfonamides is 1. The van der Waals surface area contributed by atoms with E-state index in [1.165, 1.54) is 12.1 Å². The Labute approximate surface area is 153 Å². The summed E-state index contributed by atoms with van der Waals surface area (Å²) in [7, 11) is -3.64. The van der Waals surface area contributed by atoms with E-state index in [1.807, 2.05) is 12.3 Å². The van der Waals surface area contributed by atoms with Gasteiger partial charge in [0.15, 0.2) is 0 Å². The van der Waals surface area contributed by atoms with E-state index >= 15 is 0 Å². The molecule has 1 atom stereocenters. The molecule has 8 nitrogen and oxygen atoms in total. The highest BCUT2D eigenvalue weighted by Gasteiger charge is 2.23. The van der Waals surface area contributed by atoms with Crippen molar-refractivity contribution in [1.82, 2.24) is 25.1 Å². The fourth-order valence-electron chi connectivity index (χ4n) is 2.82. The first kappa shape index (κ1) is 18.6. The second-order valence-electron chi connectivity index (χ2n) is 6.22. The van der Waals surface area contributed by atoms with Crippen molar-refractivity contribution in [2.24, 2.45) is 0 Å². The van der Waals surface area contributed by atoms with Crippen LogP contribution < -0.4 is 15.4 Å². The molecule has 26 heavy (non-hydrogen) atoms. The van der Waals surface area contributed by atoms with Gasteiger partial charge in [-0.2, -0.15) is 5.10 Å². The maximum Gasteiger partial charge on any atom is 0.251 e. The fraction of sp³-hybridized carbons (Fsp3) is 0.412. The monoisotopic (exact) mass is 377 g/mol. The SMILES string of the molecule is O=C(NCCCn1cccn1)c1cccc(S(=O)(=O)N[C@H]2CCNC2)c1. The minimum Gasteiger partial charge on any atom is -0.352 e. The zero-order valence-corrected chi connectivity index (χ0v) is 15.2. The summed E-state index contributed by atoms with van der Waals surface area (Å²) in [5.41, 5.74) is 0.330. The van der Waals surface area contributed by atoms with Gasteiger partial charge in [0.1, 0.15) is 0 Å². The Balaban J connectivity index is 1.56. The first-order valence-corrected chi connectivity index (χ1v) is 10.1. The minimum atomic E-state index is -3.64. The highest BCUT2D eigenvalue weighted by Crippen LogP contribution is 2.13. The molecule has 1 aromatic carbocycles. The first-order chi connectivity index (χ1) is 12.5. The molecule has 1 aliphatic heterocycles. The molecule has 1 aliphatic rings. The molecule has 0 saturated carbocycles. The molecule has 2 heterocycles. The number of benzene rings is 1. The molecular formula is C17H23N5O3S. The molecule has 3 rings (SSSR count). The summed E-state index contributed by atoms with van der Waals surface area (Å²) in [5.74, 6) is -0.287. The summed E-state index contributed by atoms with van der Waals surface area (Å²) >= 11 is 0. The third kappa shape index (κ3) is 4.90. The Morgan fingerprint density at radius 1 is 1.35 bits per heavy atom. The zero-order valence-electron chi connectivity index (χ0n) is 14.4. The number of hydrogen-bond donors (Lipinski definition) is 3. The van der Waals surface area contributed by atoms with Crippen LogP contribution in [-0.4, -0.2) is 49.8 Å². The number of nitrogens with zero attached hydrogens (tertiary/aromatic N) is 2. The van der Waals surface area contributed by atoms with Gasteiger partial charge in [0.25, 0.3) is 5.91 Å². The summed E-state index contributed by atoms with van der Waals surface area (Å²) in [6, 6.07) is 7.84. The molecule has 0 unspecified atom stereocenters. The molecule has 0 radical (unpaired) electrons. The molecule has 0 aliphatic carbocycles. The summed E-state index contributed by atoms with van der Waals surface area (Å²) in [6.07, 6.45) is 5.07. The zero-order chi connectivity index (χ0) is 18.4. The van der Waals surface area contributed by atoms with Crippen LogP contribution in [0.5, 0.6) is 0 Å². The summed E-state index contributed by atoms with van der Waals surface area (Å²) in [4.78, 5) is 12.4. The van der Waals surface area contributed by atoms with Crippen LogP contribution in [0.15, 0.2) is 47.6 Å². The van der Waals surface area contributed by atoms with Gasteiger partial charge in [0.05, 0.1) is 4.90 Å². The van der Waals surface area contributed by atoms with Crippen molar-refractivity contribution in [3.8, 4) is 0 Å². The second-order valence-corrected chi connectivity index (χ2v) is 7.93. The number of nitrogens with one attached hydrogen (secondary N) is 3. The fourth-order valence-corrected chi connectivity index (χ4v) is 4.14. The van der Waals surface area contributed by atoms with Crippen molar-refractivity contribution in [1.29, 1.82) is 0 Å². The van der Waals surface area contributed by atoms with E-state index < -0.39 is 10.0 Å². The predicted octanol–water partition coefficient (Wildman–Crippen LogP) is 0.343. The lowest BCUT2D eigenvalue weighted by Gasteiger charge is -2.13. The van der Waals surface area contributed by atoms with Crippen molar-refractivity contribution < 1.29 is 13.2 Å². The van der Waals surface area contributed by atoms with Crippen LogP contribution in [0.25, 0.3) is 0 Å². The average molecular weight is 377 g/mol. The van der Waals surface area contributed by atoms with Crippen LogP contribution in [-0.2, 0) is 16.6 Å². The van der Waals surface area contributed by atoms with Gasteiger partial charge in [-0.1, -0.05) is 6.07 Å². The average Bonchev–Trinajstić information content (AvgIpc) is 3.32. The number of amides is 1. The molecular weight excluding hydrogens is 354 g/mol. The number of hydrogen-bond acceptors (Lipinski definition) is 5. The summed E-state index contributed by atoms with van der Waals surface area (Å²) in [6.45, 7) is 2.62. The van der Waals surface area contributed by atoms with Crippen LogP contribution in [0.1, 0.15) is 23.2 Å². The Kier molecular flexibility index (Phi) is 6.02. The molecule has 0 spiro atoms. The van der Waals surface area contributed by atoms with E-state index in [2.05, 4.69) is 20.5 Å². The molecule has 9 heteroatoms. The molecule has 1 amide bonds. The van der Waals surface area contributed by atoms with E-state index in [0.29, 0.717) is 25.2 Å². The number of rotatable bonds is 8. The first-order valence-electron chi connectivity index (χ1n) is 8.63. The standard InChI is InChI=1S/C17H23N5O3S/c23-17(19-7-2-10-22-11-3-8-20-22)14-4-1-5-16(12-14)26(24,25)21-15-6-9-18-13-15/h1,3-5,8,11-12,15,18,21H,2,6-7,9-10,13H2,(H,19,23)/t15-/m0/s1. The van der Waals surface area contributed by atoms with E-state index in [-0.39, 0.29) is 16.8 Å². The number of carbonyl (C=O) groups is 1. The molecule has 2 aromatic rings. The van der Waals surface area contributed by atoms with Gasteiger partial charge >= 0.3 is 0 Å². The predicted molar refractivity (Wildman–Crippen MR) is 97.2 cm³/mol. The third-order valence-corrected chi connectivity index (χ3v) is 5.72. The van der Waals surface area contributed by atoms with E-state index in [4.69, 9.17) is 0 Å². The number of aryl methyl sites for hydroxylation is 1. The van der Waals surface area contributed by atoms with Crippen molar-refractivity contribution in [2.45, 2.75) is 30.3 Å².